The number of nitrogens with zero attached hydrogens (tertiary/aromatic N) is 3. The van der Waals surface area contributed by atoms with Gasteiger partial charge in [0.05, 0.1) is 18.3 Å². The highest BCUT2D eigenvalue weighted by Crippen LogP contribution is 2.17. The van der Waals surface area contributed by atoms with Crippen LogP contribution in [0.3, 0.4) is 0 Å². The number of piperazine rings is 1. The third kappa shape index (κ3) is 4.22. The molecule has 1 aliphatic heterocycles. The third-order valence-electron chi connectivity index (χ3n) is 4.65. The SMILES string of the molecule is COc1ccc(CCC(=O)N2CCN(C(=O)c3scnc3C)CC2)cc1. The maximum atomic E-state index is 12.5. The Bertz CT molecular complexity index is 765. The highest BCUT2D eigenvalue weighted by atomic mass is 32.1. The molecule has 2 aromatic rings. The van der Waals surface area contributed by atoms with E-state index < -0.39 is 0 Å². The molecule has 1 aromatic heterocycles. The number of hydrogen-bond donors (Lipinski definition) is 0. The number of hydrogen-bond acceptors (Lipinski definition) is 5. The normalized spacial score (nSPS) is 14.4. The van der Waals surface area contributed by atoms with E-state index in [1.165, 1.54) is 11.3 Å². The summed E-state index contributed by atoms with van der Waals surface area (Å²) >= 11 is 1.37. The zero-order chi connectivity index (χ0) is 18.5. The minimum absolute atomic E-state index is 0.0235. The van der Waals surface area contributed by atoms with Gasteiger partial charge in [-0.25, -0.2) is 4.98 Å². The maximum Gasteiger partial charge on any atom is 0.265 e. The van der Waals surface area contributed by atoms with Gasteiger partial charge in [0.2, 0.25) is 5.91 Å². The van der Waals surface area contributed by atoms with E-state index in [0.717, 1.165) is 17.0 Å². The Morgan fingerprint density at radius 3 is 2.35 bits per heavy atom. The molecule has 0 radical (unpaired) electrons. The fraction of sp³-hybridized carbons (Fsp3) is 0.421. The molecule has 0 aliphatic carbocycles. The summed E-state index contributed by atoms with van der Waals surface area (Å²) in [6.07, 6.45) is 1.19. The summed E-state index contributed by atoms with van der Waals surface area (Å²) in [7, 11) is 1.64. The van der Waals surface area contributed by atoms with Gasteiger partial charge in [-0.2, -0.15) is 0 Å². The van der Waals surface area contributed by atoms with E-state index in [9.17, 15) is 9.59 Å². The van der Waals surface area contributed by atoms with Crippen LogP contribution in [0.5, 0.6) is 5.75 Å². The predicted octanol–water partition coefficient (Wildman–Crippen LogP) is 2.38. The van der Waals surface area contributed by atoms with E-state index in [1.54, 1.807) is 12.6 Å². The van der Waals surface area contributed by atoms with Gasteiger partial charge in [-0.3, -0.25) is 9.59 Å². The summed E-state index contributed by atoms with van der Waals surface area (Å²) < 4.78 is 5.14. The maximum absolute atomic E-state index is 12.5. The lowest BCUT2D eigenvalue weighted by Crippen LogP contribution is -2.50. The lowest BCUT2D eigenvalue weighted by molar-refractivity contribution is -0.132. The summed E-state index contributed by atoms with van der Waals surface area (Å²) in [5.74, 6) is 0.981. The van der Waals surface area contributed by atoms with E-state index in [1.807, 2.05) is 41.0 Å². The van der Waals surface area contributed by atoms with Crippen LogP contribution in [0, 0.1) is 6.92 Å². The van der Waals surface area contributed by atoms with Crippen LogP contribution in [-0.4, -0.2) is 59.9 Å². The van der Waals surface area contributed by atoms with E-state index in [4.69, 9.17) is 4.74 Å². The van der Waals surface area contributed by atoms with Crippen molar-refractivity contribution in [2.45, 2.75) is 19.8 Å². The Balaban J connectivity index is 1.47. The van der Waals surface area contributed by atoms with E-state index >= 15 is 0 Å². The average molecular weight is 373 g/mol. The second-order valence-electron chi connectivity index (χ2n) is 6.29. The Morgan fingerprint density at radius 2 is 1.77 bits per heavy atom. The highest BCUT2D eigenvalue weighted by Gasteiger charge is 2.26. The molecule has 6 nitrogen and oxygen atoms in total. The van der Waals surface area contributed by atoms with Gasteiger partial charge >= 0.3 is 0 Å². The summed E-state index contributed by atoms with van der Waals surface area (Å²) in [5, 5.41) is 0. The van der Waals surface area contributed by atoms with Gasteiger partial charge in [-0.15, -0.1) is 11.3 Å². The van der Waals surface area contributed by atoms with Crippen molar-refractivity contribution >= 4 is 23.2 Å². The molecule has 0 atom stereocenters. The highest BCUT2D eigenvalue weighted by molar-refractivity contribution is 7.11. The molecular formula is C19H23N3O3S. The van der Waals surface area contributed by atoms with Crippen LogP contribution in [0.25, 0.3) is 0 Å². The number of benzene rings is 1. The van der Waals surface area contributed by atoms with Crippen LogP contribution in [0.1, 0.15) is 27.3 Å². The van der Waals surface area contributed by atoms with Crippen molar-refractivity contribution in [3.63, 3.8) is 0 Å². The molecule has 2 amide bonds. The number of carbonyl (C=O) groups is 2. The van der Waals surface area contributed by atoms with Gasteiger partial charge in [-0.05, 0) is 31.0 Å². The molecule has 0 N–H and O–H groups in total. The first-order valence-electron chi connectivity index (χ1n) is 8.68. The van der Waals surface area contributed by atoms with Crippen LogP contribution in [0.4, 0.5) is 0 Å². The van der Waals surface area contributed by atoms with Crippen LogP contribution >= 0.6 is 11.3 Å². The van der Waals surface area contributed by atoms with Crippen molar-refractivity contribution in [2.24, 2.45) is 0 Å². The molecule has 7 heteroatoms. The first-order chi connectivity index (χ1) is 12.6. The number of ether oxygens (including phenoxy) is 1. The molecule has 0 saturated carbocycles. The molecule has 0 bridgehead atoms. The summed E-state index contributed by atoms with van der Waals surface area (Å²) in [6, 6.07) is 7.79. The molecular weight excluding hydrogens is 350 g/mol. The van der Waals surface area contributed by atoms with Crippen molar-refractivity contribution in [3.05, 3.63) is 45.9 Å². The molecule has 3 rings (SSSR count). The van der Waals surface area contributed by atoms with Crippen molar-refractivity contribution in [1.82, 2.24) is 14.8 Å². The first-order valence-corrected chi connectivity index (χ1v) is 9.56. The first kappa shape index (κ1) is 18.4. The van der Waals surface area contributed by atoms with Gasteiger partial charge < -0.3 is 14.5 Å². The van der Waals surface area contributed by atoms with Gasteiger partial charge in [0, 0.05) is 32.6 Å². The summed E-state index contributed by atoms with van der Waals surface area (Å²) in [5.41, 5.74) is 3.59. The number of methoxy groups -OCH3 is 1. The smallest absolute Gasteiger partial charge is 0.265 e. The van der Waals surface area contributed by atoms with Crippen molar-refractivity contribution in [3.8, 4) is 5.75 Å². The molecule has 26 heavy (non-hydrogen) atoms. The van der Waals surface area contributed by atoms with Crippen LogP contribution in [0.15, 0.2) is 29.8 Å². The Hall–Kier alpha value is -2.41. The second kappa shape index (κ2) is 8.31. The number of thiazole rings is 1. The van der Waals surface area contributed by atoms with Crippen LogP contribution in [-0.2, 0) is 11.2 Å². The lowest BCUT2D eigenvalue weighted by atomic mass is 10.1. The van der Waals surface area contributed by atoms with E-state index in [0.29, 0.717) is 43.9 Å². The standard InChI is InChI=1S/C19H23N3O3S/c1-14-18(26-13-20-14)19(24)22-11-9-21(10-12-22)17(23)8-5-15-3-6-16(25-2)7-4-15/h3-4,6-7,13H,5,8-12H2,1-2H3. The van der Waals surface area contributed by atoms with Crippen molar-refractivity contribution < 1.29 is 14.3 Å². The number of amides is 2. The molecule has 2 heterocycles. The van der Waals surface area contributed by atoms with Gasteiger partial charge in [0.15, 0.2) is 0 Å². The quantitative estimate of drug-likeness (QED) is 0.807. The fourth-order valence-electron chi connectivity index (χ4n) is 3.01. The summed E-state index contributed by atoms with van der Waals surface area (Å²) in [6.45, 7) is 4.17. The average Bonchev–Trinajstić information content (AvgIpc) is 3.12. The Kier molecular flexibility index (Phi) is 5.88. The Labute approximate surface area is 157 Å². The summed E-state index contributed by atoms with van der Waals surface area (Å²) in [4.78, 5) is 33.5. The van der Waals surface area contributed by atoms with Gasteiger partial charge in [0.25, 0.3) is 5.91 Å². The molecule has 0 spiro atoms. The lowest BCUT2D eigenvalue weighted by Gasteiger charge is -2.34. The monoisotopic (exact) mass is 373 g/mol. The minimum Gasteiger partial charge on any atom is -0.497 e. The van der Waals surface area contributed by atoms with Gasteiger partial charge in [-0.1, -0.05) is 12.1 Å². The van der Waals surface area contributed by atoms with Crippen LogP contribution < -0.4 is 4.74 Å². The molecule has 0 unspecified atom stereocenters. The Morgan fingerprint density at radius 1 is 1.12 bits per heavy atom. The minimum atomic E-state index is 0.0235. The number of rotatable bonds is 5. The molecule has 1 fully saturated rings. The fourth-order valence-corrected chi connectivity index (χ4v) is 3.78. The number of aromatic nitrogens is 1. The zero-order valence-electron chi connectivity index (χ0n) is 15.1. The second-order valence-corrected chi connectivity index (χ2v) is 7.14. The zero-order valence-corrected chi connectivity index (χ0v) is 15.9. The molecule has 1 aliphatic rings. The topological polar surface area (TPSA) is 62.7 Å². The van der Waals surface area contributed by atoms with Crippen LogP contribution in [0.2, 0.25) is 0 Å². The van der Waals surface area contributed by atoms with Gasteiger partial charge in [0.1, 0.15) is 10.6 Å². The molecule has 1 aromatic carbocycles. The predicted molar refractivity (Wildman–Crippen MR) is 101 cm³/mol. The van der Waals surface area contributed by atoms with E-state index in [2.05, 4.69) is 4.98 Å². The molecule has 1 saturated heterocycles. The van der Waals surface area contributed by atoms with Crippen molar-refractivity contribution in [2.75, 3.05) is 33.3 Å². The largest absolute Gasteiger partial charge is 0.497 e. The number of aryl methyl sites for hydroxylation is 2. The number of carbonyl (C=O) groups excluding carboxylic acids is 2. The molecule has 138 valence electrons. The third-order valence-corrected chi connectivity index (χ3v) is 5.56. The van der Waals surface area contributed by atoms with Crippen molar-refractivity contribution in [1.29, 1.82) is 0 Å². The van der Waals surface area contributed by atoms with E-state index in [-0.39, 0.29) is 11.8 Å².